The molecule has 2 aromatic carbocycles. The fourth-order valence-corrected chi connectivity index (χ4v) is 3.24. The Bertz CT molecular complexity index is 936. The largest absolute Gasteiger partial charge is 0.373 e. The van der Waals surface area contributed by atoms with Gasteiger partial charge in [-0.3, -0.25) is 9.89 Å². The molecular formula is C20H21N5O2. The quantitative estimate of drug-likeness (QED) is 0.646. The van der Waals surface area contributed by atoms with Gasteiger partial charge in [0, 0.05) is 11.3 Å². The molecule has 0 aliphatic carbocycles. The van der Waals surface area contributed by atoms with E-state index in [4.69, 9.17) is 10.5 Å². The van der Waals surface area contributed by atoms with Crippen LogP contribution in [0.1, 0.15) is 29.5 Å². The van der Waals surface area contributed by atoms with Crippen LogP contribution in [0, 0.1) is 0 Å². The number of carbonyl (C=O) groups excluding carboxylic acids is 1. The van der Waals surface area contributed by atoms with Crippen LogP contribution in [0.2, 0.25) is 0 Å². The Morgan fingerprint density at radius 2 is 2.04 bits per heavy atom. The zero-order valence-corrected chi connectivity index (χ0v) is 14.8. The fraction of sp³-hybridized carbons (Fsp3) is 0.250. The molecule has 0 saturated heterocycles. The first-order valence-corrected chi connectivity index (χ1v) is 8.94. The molecule has 0 bridgehead atoms. The van der Waals surface area contributed by atoms with Crippen LogP contribution in [0.15, 0.2) is 48.5 Å². The van der Waals surface area contributed by atoms with Gasteiger partial charge >= 0.3 is 0 Å². The topological polar surface area (TPSA) is 106 Å². The van der Waals surface area contributed by atoms with Crippen LogP contribution in [0.3, 0.4) is 0 Å². The highest BCUT2D eigenvalue weighted by atomic mass is 16.5. The van der Waals surface area contributed by atoms with Crippen molar-refractivity contribution in [2.45, 2.75) is 25.5 Å². The van der Waals surface area contributed by atoms with Gasteiger partial charge in [0.1, 0.15) is 5.82 Å². The maximum Gasteiger partial charge on any atom is 0.227 e. The van der Waals surface area contributed by atoms with Crippen LogP contribution in [-0.2, 0) is 22.5 Å². The molecular weight excluding hydrogens is 342 g/mol. The van der Waals surface area contributed by atoms with E-state index in [1.165, 1.54) is 5.56 Å². The van der Waals surface area contributed by atoms with Crippen molar-refractivity contribution in [3.05, 3.63) is 65.5 Å². The van der Waals surface area contributed by atoms with E-state index in [1.807, 2.05) is 42.5 Å². The van der Waals surface area contributed by atoms with Crippen molar-refractivity contribution in [2.24, 2.45) is 5.73 Å². The molecule has 1 aromatic heterocycles. The van der Waals surface area contributed by atoms with Crippen LogP contribution < -0.4 is 11.1 Å². The number of ether oxygens (including phenoxy) is 1. The molecule has 4 N–H and O–H groups in total. The van der Waals surface area contributed by atoms with Crippen molar-refractivity contribution in [2.75, 3.05) is 11.9 Å². The van der Waals surface area contributed by atoms with Crippen molar-refractivity contribution < 1.29 is 9.53 Å². The molecule has 0 radical (unpaired) electrons. The van der Waals surface area contributed by atoms with Gasteiger partial charge < -0.3 is 15.8 Å². The molecule has 1 aliphatic heterocycles. The molecule has 0 saturated carbocycles. The van der Waals surface area contributed by atoms with Gasteiger partial charge in [-0.25, -0.2) is 4.98 Å². The van der Waals surface area contributed by atoms with Gasteiger partial charge in [-0.15, -0.1) is 0 Å². The van der Waals surface area contributed by atoms with E-state index in [1.54, 1.807) is 0 Å². The lowest BCUT2D eigenvalue weighted by molar-refractivity contribution is -0.119. The minimum Gasteiger partial charge on any atom is -0.373 e. The second kappa shape index (κ2) is 7.69. The van der Waals surface area contributed by atoms with Gasteiger partial charge in [0.15, 0.2) is 5.82 Å². The molecule has 1 amide bonds. The Morgan fingerprint density at radius 3 is 2.81 bits per heavy atom. The number of benzene rings is 2. The lowest BCUT2D eigenvalue weighted by Crippen LogP contribution is -2.22. The minimum absolute atomic E-state index is 0.0761. The van der Waals surface area contributed by atoms with Crippen molar-refractivity contribution in [3.63, 3.8) is 0 Å². The first-order chi connectivity index (χ1) is 13.2. The molecule has 1 unspecified atom stereocenters. The lowest BCUT2D eigenvalue weighted by Gasteiger charge is -2.25. The smallest absolute Gasteiger partial charge is 0.227 e. The molecule has 138 valence electrons. The second-order valence-corrected chi connectivity index (χ2v) is 6.45. The summed E-state index contributed by atoms with van der Waals surface area (Å²) < 4.78 is 5.81. The number of carbonyl (C=O) groups is 1. The summed E-state index contributed by atoms with van der Waals surface area (Å²) >= 11 is 0. The monoisotopic (exact) mass is 363 g/mol. The van der Waals surface area contributed by atoms with Gasteiger partial charge in [0.25, 0.3) is 0 Å². The minimum atomic E-state index is -0.197. The Kier molecular flexibility index (Phi) is 4.95. The van der Waals surface area contributed by atoms with E-state index in [9.17, 15) is 4.79 Å². The SMILES string of the molecule is NCc1nc(-c2ccc(NC(=O)CC3OCCc4ccccc43)cc2)n[nH]1. The highest BCUT2D eigenvalue weighted by Crippen LogP contribution is 2.29. The van der Waals surface area contributed by atoms with Crippen molar-refractivity contribution in [3.8, 4) is 11.4 Å². The first-order valence-electron chi connectivity index (χ1n) is 8.94. The maximum atomic E-state index is 12.5. The average molecular weight is 363 g/mol. The number of amides is 1. The number of nitrogens with zero attached hydrogens (tertiary/aromatic N) is 2. The van der Waals surface area contributed by atoms with Crippen molar-refractivity contribution in [1.29, 1.82) is 0 Å². The molecule has 0 spiro atoms. The third-order valence-corrected chi connectivity index (χ3v) is 4.62. The van der Waals surface area contributed by atoms with Gasteiger partial charge in [0.2, 0.25) is 5.91 Å². The van der Waals surface area contributed by atoms with Gasteiger partial charge in [-0.1, -0.05) is 24.3 Å². The van der Waals surface area contributed by atoms with E-state index in [0.717, 1.165) is 23.2 Å². The van der Waals surface area contributed by atoms with Gasteiger partial charge in [0.05, 0.1) is 25.7 Å². The molecule has 1 aliphatic rings. The first kappa shape index (κ1) is 17.4. The maximum absolute atomic E-state index is 12.5. The number of aromatic amines is 1. The molecule has 0 fully saturated rings. The number of fused-ring (bicyclic) bond motifs is 1. The number of H-pyrrole nitrogens is 1. The number of rotatable bonds is 5. The Hall–Kier alpha value is -3.03. The summed E-state index contributed by atoms with van der Waals surface area (Å²) in [5.74, 6) is 1.14. The molecule has 1 atom stereocenters. The number of nitrogens with two attached hydrogens (primary N) is 1. The average Bonchev–Trinajstić information content (AvgIpc) is 3.18. The number of anilines is 1. The van der Waals surface area contributed by atoms with Gasteiger partial charge in [-0.2, -0.15) is 5.10 Å². The molecule has 27 heavy (non-hydrogen) atoms. The third-order valence-electron chi connectivity index (χ3n) is 4.62. The summed E-state index contributed by atoms with van der Waals surface area (Å²) in [6.45, 7) is 0.957. The van der Waals surface area contributed by atoms with Crippen LogP contribution >= 0.6 is 0 Å². The van der Waals surface area contributed by atoms with E-state index < -0.39 is 0 Å². The summed E-state index contributed by atoms with van der Waals surface area (Å²) in [5, 5.41) is 9.84. The van der Waals surface area contributed by atoms with E-state index in [0.29, 0.717) is 31.2 Å². The van der Waals surface area contributed by atoms with Crippen LogP contribution in [-0.4, -0.2) is 27.7 Å². The Labute approximate surface area is 157 Å². The summed E-state index contributed by atoms with van der Waals surface area (Å²) in [6.07, 6.45) is 0.986. The van der Waals surface area contributed by atoms with E-state index >= 15 is 0 Å². The van der Waals surface area contributed by atoms with E-state index in [-0.39, 0.29) is 12.0 Å². The summed E-state index contributed by atoms with van der Waals surface area (Å²) in [6, 6.07) is 15.5. The van der Waals surface area contributed by atoms with Crippen LogP contribution in [0.25, 0.3) is 11.4 Å². The molecule has 4 rings (SSSR count). The predicted octanol–water partition coefficient (Wildman–Crippen LogP) is 2.57. The molecule has 2 heterocycles. The zero-order valence-electron chi connectivity index (χ0n) is 14.8. The Balaban J connectivity index is 1.40. The molecule has 7 nitrogen and oxygen atoms in total. The number of hydrogen-bond donors (Lipinski definition) is 3. The zero-order chi connectivity index (χ0) is 18.6. The van der Waals surface area contributed by atoms with Crippen LogP contribution in [0.4, 0.5) is 5.69 Å². The highest BCUT2D eigenvalue weighted by Gasteiger charge is 2.23. The van der Waals surface area contributed by atoms with Crippen LogP contribution in [0.5, 0.6) is 0 Å². The highest BCUT2D eigenvalue weighted by molar-refractivity contribution is 5.91. The summed E-state index contributed by atoms with van der Waals surface area (Å²) in [5.41, 5.74) is 9.48. The normalized spacial score (nSPS) is 16.0. The second-order valence-electron chi connectivity index (χ2n) is 6.45. The molecule has 7 heteroatoms. The standard InChI is InChI=1S/C20H21N5O2/c21-12-18-23-20(25-24-18)14-5-7-15(8-6-14)22-19(26)11-17-16-4-2-1-3-13(16)9-10-27-17/h1-8,17H,9-12,21H2,(H,22,26)(H,23,24,25). The van der Waals surface area contributed by atoms with Crippen molar-refractivity contribution >= 4 is 11.6 Å². The summed E-state index contributed by atoms with van der Waals surface area (Å²) in [7, 11) is 0. The molecule has 3 aromatic rings. The third kappa shape index (κ3) is 3.89. The van der Waals surface area contributed by atoms with Crippen molar-refractivity contribution in [1.82, 2.24) is 15.2 Å². The summed E-state index contributed by atoms with van der Waals surface area (Å²) in [4.78, 5) is 16.7. The predicted molar refractivity (Wildman–Crippen MR) is 102 cm³/mol. The number of nitrogens with one attached hydrogen (secondary N) is 2. The van der Waals surface area contributed by atoms with Gasteiger partial charge in [-0.05, 0) is 41.8 Å². The lowest BCUT2D eigenvalue weighted by atomic mass is 9.95. The number of aromatic nitrogens is 3. The fourth-order valence-electron chi connectivity index (χ4n) is 3.24. The number of hydrogen-bond acceptors (Lipinski definition) is 5. The van der Waals surface area contributed by atoms with E-state index in [2.05, 4.69) is 26.6 Å². The Morgan fingerprint density at radius 1 is 1.22 bits per heavy atom.